The summed E-state index contributed by atoms with van der Waals surface area (Å²) < 4.78 is 11.2. The number of nitro groups is 1. The van der Waals surface area contributed by atoms with Crippen LogP contribution in [-0.4, -0.2) is 23.2 Å². The third-order valence-electron chi connectivity index (χ3n) is 4.01. The van der Waals surface area contributed by atoms with Crippen LogP contribution in [0.15, 0.2) is 53.8 Å². The number of aromatic nitrogens is 1. The summed E-state index contributed by atoms with van der Waals surface area (Å²) in [6, 6.07) is 11.2. The Bertz CT molecular complexity index is 1140. The largest absolute Gasteiger partial charge is 0.493 e. The van der Waals surface area contributed by atoms with E-state index in [1.165, 1.54) is 31.7 Å². The normalized spacial score (nSPS) is 10.8. The third kappa shape index (κ3) is 5.75. The van der Waals surface area contributed by atoms with Gasteiger partial charge in [-0.3, -0.25) is 15.5 Å². The topological polar surface area (TPSA) is 98.9 Å². The Labute approximate surface area is 192 Å². The summed E-state index contributed by atoms with van der Waals surface area (Å²) in [6.07, 6.45) is 2.84. The Kier molecular flexibility index (Phi) is 7.51. The third-order valence-corrected chi connectivity index (χ3v) is 4.87. The molecule has 0 radical (unpaired) electrons. The first-order chi connectivity index (χ1) is 14.9. The number of nitrogens with zero attached hydrogens (tertiary/aromatic N) is 3. The molecule has 0 amide bonds. The molecule has 3 rings (SSSR count). The van der Waals surface area contributed by atoms with Crippen LogP contribution in [0.5, 0.6) is 11.5 Å². The highest BCUT2D eigenvalue weighted by atomic mass is 35.5. The monoisotopic (exact) mass is 480 g/mol. The zero-order chi connectivity index (χ0) is 22.4. The van der Waals surface area contributed by atoms with Gasteiger partial charge in [0.05, 0.1) is 23.3 Å². The van der Waals surface area contributed by atoms with Crippen molar-refractivity contribution in [1.29, 1.82) is 0 Å². The lowest BCUT2D eigenvalue weighted by molar-refractivity contribution is -0.384. The smallest absolute Gasteiger partial charge is 0.313 e. The number of anilines is 1. The standard InChI is InChI=1S/C20H15Cl3N4O4/c1-30-18-8-12(10-25-26-20-17(27(28)29)3-2-6-24-20)7-16(23)19(18)31-11-13-4-5-14(21)9-15(13)22/h2-10H,11H2,1H3,(H,24,26)/b25-10-. The number of hydrogen-bond donors (Lipinski definition) is 1. The van der Waals surface area contributed by atoms with E-state index in [0.29, 0.717) is 27.1 Å². The SMILES string of the molecule is COc1cc(/C=N\Nc2ncccc2[N+](=O)[O-])cc(Cl)c1OCc1ccc(Cl)cc1Cl. The first-order valence-corrected chi connectivity index (χ1v) is 9.85. The molecule has 0 fully saturated rings. The molecule has 0 aliphatic heterocycles. The van der Waals surface area contributed by atoms with Gasteiger partial charge >= 0.3 is 5.69 Å². The second-order valence-electron chi connectivity index (χ2n) is 6.06. The van der Waals surface area contributed by atoms with Crippen molar-refractivity contribution in [3.63, 3.8) is 0 Å². The summed E-state index contributed by atoms with van der Waals surface area (Å²) in [7, 11) is 1.48. The molecule has 0 bridgehead atoms. The molecule has 3 aromatic rings. The van der Waals surface area contributed by atoms with E-state index < -0.39 is 4.92 Å². The van der Waals surface area contributed by atoms with Crippen molar-refractivity contribution in [3.8, 4) is 11.5 Å². The minimum absolute atomic E-state index is 0.0154. The molecule has 1 N–H and O–H groups in total. The highest BCUT2D eigenvalue weighted by Gasteiger charge is 2.14. The molecule has 31 heavy (non-hydrogen) atoms. The van der Waals surface area contributed by atoms with Gasteiger partial charge in [0.25, 0.3) is 0 Å². The molecule has 2 aromatic carbocycles. The van der Waals surface area contributed by atoms with Crippen LogP contribution in [0.1, 0.15) is 11.1 Å². The van der Waals surface area contributed by atoms with Crippen molar-refractivity contribution in [2.24, 2.45) is 5.10 Å². The average molecular weight is 482 g/mol. The Hall–Kier alpha value is -3.07. The molecule has 0 unspecified atom stereocenters. The van der Waals surface area contributed by atoms with E-state index in [4.69, 9.17) is 44.3 Å². The molecule has 11 heteroatoms. The van der Waals surface area contributed by atoms with Crippen LogP contribution in [0, 0.1) is 10.1 Å². The van der Waals surface area contributed by atoms with Crippen LogP contribution < -0.4 is 14.9 Å². The van der Waals surface area contributed by atoms with Gasteiger partial charge in [-0.25, -0.2) is 4.98 Å². The van der Waals surface area contributed by atoms with Crippen LogP contribution in [0.2, 0.25) is 15.1 Å². The lowest BCUT2D eigenvalue weighted by atomic mass is 10.2. The number of hydrogen-bond acceptors (Lipinski definition) is 7. The van der Waals surface area contributed by atoms with Crippen molar-refractivity contribution in [1.82, 2.24) is 4.98 Å². The van der Waals surface area contributed by atoms with Gasteiger partial charge < -0.3 is 9.47 Å². The van der Waals surface area contributed by atoms with Crippen molar-refractivity contribution in [2.75, 3.05) is 12.5 Å². The van der Waals surface area contributed by atoms with E-state index in [0.717, 1.165) is 5.56 Å². The van der Waals surface area contributed by atoms with Gasteiger partial charge in [-0.05, 0) is 35.9 Å². The molecule has 1 aromatic heterocycles. The Balaban J connectivity index is 1.76. The summed E-state index contributed by atoms with van der Waals surface area (Å²) in [5.41, 5.74) is 3.66. The number of pyridine rings is 1. The maximum absolute atomic E-state index is 11.0. The highest BCUT2D eigenvalue weighted by molar-refractivity contribution is 6.35. The fourth-order valence-corrected chi connectivity index (χ4v) is 3.28. The van der Waals surface area contributed by atoms with Crippen LogP contribution in [0.3, 0.4) is 0 Å². The van der Waals surface area contributed by atoms with Gasteiger partial charge in [0.2, 0.25) is 5.82 Å². The van der Waals surface area contributed by atoms with Crippen LogP contribution in [-0.2, 0) is 6.61 Å². The molecular formula is C20H15Cl3N4O4. The van der Waals surface area contributed by atoms with Crippen molar-refractivity contribution >= 4 is 52.5 Å². The summed E-state index contributed by atoms with van der Waals surface area (Å²) in [6.45, 7) is 0.157. The second-order valence-corrected chi connectivity index (χ2v) is 7.31. The molecule has 0 spiro atoms. The van der Waals surface area contributed by atoms with E-state index in [9.17, 15) is 10.1 Å². The fourth-order valence-electron chi connectivity index (χ4n) is 2.54. The van der Waals surface area contributed by atoms with Gasteiger partial charge in [-0.15, -0.1) is 0 Å². The van der Waals surface area contributed by atoms with E-state index >= 15 is 0 Å². The van der Waals surface area contributed by atoms with Crippen molar-refractivity contribution in [2.45, 2.75) is 6.61 Å². The highest BCUT2D eigenvalue weighted by Crippen LogP contribution is 2.37. The lowest BCUT2D eigenvalue weighted by Crippen LogP contribution is -2.01. The zero-order valence-electron chi connectivity index (χ0n) is 16.0. The quantitative estimate of drug-likeness (QED) is 0.241. The van der Waals surface area contributed by atoms with Gasteiger partial charge in [0.1, 0.15) is 6.61 Å². The molecule has 0 saturated heterocycles. The Morgan fingerprint density at radius 1 is 1.19 bits per heavy atom. The van der Waals surface area contributed by atoms with E-state index in [-0.39, 0.29) is 23.1 Å². The van der Waals surface area contributed by atoms with Gasteiger partial charge in [-0.2, -0.15) is 5.10 Å². The molecule has 8 nitrogen and oxygen atoms in total. The molecule has 0 aliphatic rings. The van der Waals surface area contributed by atoms with Crippen molar-refractivity contribution in [3.05, 3.63) is 85.0 Å². The van der Waals surface area contributed by atoms with Crippen LogP contribution >= 0.6 is 34.8 Å². The summed E-state index contributed by atoms with van der Waals surface area (Å²) in [4.78, 5) is 14.4. The first-order valence-electron chi connectivity index (χ1n) is 8.71. The summed E-state index contributed by atoms with van der Waals surface area (Å²) in [5.74, 6) is 0.727. The molecular weight excluding hydrogens is 467 g/mol. The number of benzene rings is 2. The minimum atomic E-state index is -0.552. The second kappa shape index (κ2) is 10.3. The summed E-state index contributed by atoms with van der Waals surface area (Å²) in [5, 5.41) is 16.3. The number of rotatable bonds is 8. The number of nitrogens with one attached hydrogen (secondary N) is 1. The van der Waals surface area contributed by atoms with Gasteiger partial charge in [0.15, 0.2) is 11.5 Å². The fraction of sp³-hybridized carbons (Fsp3) is 0.100. The van der Waals surface area contributed by atoms with Crippen LogP contribution in [0.25, 0.3) is 0 Å². The van der Waals surface area contributed by atoms with E-state index in [2.05, 4.69) is 15.5 Å². The number of hydrazone groups is 1. The van der Waals surface area contributed by atoms with Crippen molar-refractivity contribution < 1.29 is 14.4 Å². The molecule has 0 saturated carbocycles. The van der Waals surface area contributed by atoms with E-state index in [1.54, 1.807) is 30.3 Å². The maximum atomic E-state index is 11.0. The molecule has 1 heterocycles. The Morgan fingerprint density at radius 3 is 2.71 bits per heavy atom. The predicted molar refractivity (Wildman–Crippen MR) is 121 cm³/mol. The molecule has 0 atom stereocenters. The Morgan fingerprint density at radius 2 is 2.00 bits per heavy atom. The summed E-state index contributed by atoms with van der Waals surface area (Å²) >= 11 is 18.4. The average Bonchev–Trinajstić information content (AvgIpc) is 2.74. The van der Waals surface area contributed by atoms with Gasteiger partial charge in [0, 0.05) is 27.9 Å². The number of halogens is 3. The minimum Gasteiger partial charge on any atom is -0.493 e. The lowest BCUT2D eigenvalue weighted by Gasteiger charge is -2.14. The zero-order valence-corrected chi connectivity index (χ0v) is 18.3. The van der Waals surface area contributed by atoms with Crippen LogP contribution in [0.4, 0.5) is 11.5 Å². The van der Waals surface area contributed by atoms with E-state index in [1.807, 2.05) is 0 Å². The molecule has 160 valence electrons. The number of methoxy groups -OCH3 is 1. The van der Waals surface area contributed by atoms with Gasteiger partial charge in [-0.1, -0.05) is 40.9 Å². The first kappa shape index (κ1) is 22.6. The maximum Gasteiger partial charge on any atom is 0.313 e. The number of ether oxygens (including phenoxy) is 2. The molecule has 0 aliphatic carbocycles. The predicted octanol–water partition coefficient (Wildman–Crippen LogP) is 5.98.